The Morgan fingerprint density at radius 2 is 1.62 bits per heavy atom. The van der Waals surface area contributed by atoms with Crippen molar-refractivity contribution in [3.05, 3.63) is 114 Å². The van der Waals surface area contributed by atoms with E-state index in [1.807, 2.05) is 60.7 Å². The summed E-state index contributed by atoms with van der Waals surface area (Å²) in [5.74, 6) is -0.260. The predicted octanol–water partition coefficient (Wildman–Crippen LogP) is 4.03. The number of hydrogen-bond donors (Lipinski definition) is 2. The largest absolute Gasteiger partial charge is 0.354 e. The van der Waals surface area contributed by atoms with Crippen molar-refractivity contribution in [2.24, 2.45) is 0 Å². The van der Waals surface area contributed by atoms with E-state index in [4.69, 9.17) is 4.98 Å². The minimum Gasteiger partial charge on any atom is -0.354 e. The van der Waals surface area contributed by atoms with Gasteiger partial charge >= 0.3 is 0 Å². The van der Waals surface area contributed by atoms with Crippen LogP contribution < -0.4 is 11.1 Å². The number of pyridine rings is 3. The van der Waals surface area contributed by atoms with Gasteiger partial charge in [-0.2, -0.15) is 0 Å². The second-order valence-corrected chi connectivity index (χ2v) is 7.93. The summed E-state index contributed by atoms with van der Waals surface area (Å²) in [5.41, 5.74) is 10.8. The molecule has 0 fully saturated rings. The summed E-state index contributed by atoms with van der Waals surface area (Å²) in [6.45, 7) is 1.06. The molecule has 6 heteroatoms. The average Bonchev–Trinajstić information content (AvgIpc) is 2.91. The second-order valence-electron chi connectivity index (χ2n) is 7.93. The van der Waals surface area contributed by atoms with Crippen molar-refractivity contribution >= 4 is 16.8 Å². The number of aromatic nitrogens is 3. The topological polar surface area (TPSA) is 95.4 Å². The first-order valence-corrected chi connectivity index (χ1v) is 11.1. The number of nitrogens with zero attached hydrogens (tertiary/aromatic N) is 3. The molecule has 0 saturated carbocycles. The van der Waals surface area contributed by atoms with Gasteiger partial charge in [-0.15, -0.1) is 0 Å². The third-order valence-corrected chi connectivity index (χ3v) is 5.72. The lowest BCUT2D eigenvalue weighted by molar-refractivity contribution is -0.386. The first-order chi connectivity index (χ1) is 16.7. The fourth-order valence-corrected chi connectivity index (χ4v) is 3.92. The average molecular weight is 447 g/mol. The number of benzene rings is 2. The lowest BCUT2D eigenvalue weighted by atomic mass is 9.96. The van der Waals surface area contributed by atoms with Gasteiger partial charge in [0.05, 0.1) is 30.0 Å². The van der Waals surface area contributed by atoms with Gasteiger partial charge < -0.3 is 11.1 Å². The van der Waals surface area contributed by atoms with Crippen LogP contribution in [0.5, 0.6) is 0 Å². The smallest absolute Gasteiger partial charge is 0.270 e. The van der Waals surface area contributed by atoms with E-state index in [1.165, 1.54) is 5.56 Å². The lowest BCUT2D eigenvalue weighted by Gasteiger charge is -2.13. The maximum Gasteiger partial charge on any atom is 0.270 e. The predicted molar refractivity (Wildman–Crippen MR) is 132 cm³/mol. The summed E-state index contributed by atoms with van der Waals surface area (Å²) in [6.07, 6.45) is 3.33. The summed E-state index contributed by atoms with van der Waals surface area (Å²) in [5, 5.41) is 3.63. The fourth-order valence-electron chi connectivity index (χ4n) is 3.92. The molecule has 0 bridgehead atoms. The molecule has 0 saturated heterocycles. The summed E-state index contributed by atoms with van der Waals surface area (Å²) in [6, 6.07) is 27.8. The molecular formula is C28H24N5O+. The maximum atomic E-state index is 13.1. The zero-order valence-corrected chi connectivity index (χ0v) is 18.6. The highest BCUT2D eigenvalue weighted by atomic mass is 16.1. The minimum atomic E-state index is -0.260. The molecule has 0 radical (unpaired) electrons. The van der Waals surface area contributed by atoms with Crippen molar-refractivity contribution in [3.8, 4) is 22.4 Å². The number of amides is 1. The number of hydrogen-bond acceptors (Lipinski definition) is 4. The van der Waals surface area contributed by atoms with Gasteiger partial charge in [-0.25, -0.2) is 4.98 Å². The van der Waals surface area contributed by atoms with E-state index in [2.05, 4.69) is 45.3 Å². The molecule has 3 heterocycles. The Bertz CT molecular complexity index is 1440. The third-order valence-electron chi connectivity index (χ3n) is 5.72. The second kappa shape index (κ2) is 9.60. The van der Waals surface area contributed by atoms with E-state index in [9.17, 15) is 4.79 Å². The van der Waals surface area contributed by atoms with E-state index < -0.39 is 0 Å². The molecule has 5 rings (SSSR count). The highest BCUT2D eigenvalue weighted by Gasteiger charge is 2.17. The van der Waals surface area contributed by atoms with E-state index >= 15 is 0 Å². The minimum absolute atomic E-state index is 0.260. The van der Waals surface area contributed by atoms with Crippen molar-refractivity contribution < 1.29 is 10.5 Å². The molecule has 34 heavy (non-hydrogen) atoms. The standard InChI is InChI=1S/C28H23N5O/c29-17-19-9-11-21(12-10-19)26-23(20-6-2-1-3-7-20)16-24-25(33-26)13-15-31-27(24)28(34)32-18-22-8-4-5-14-30-22/h1-16H,17-18,29H2,(H,32,34)/p+1. The molecule has 4 N–H and O–H groups in total. The van der Waals surface area contributed by atoms with Gasteiger partial charge in [0.1, 0.15) is 5.69 Å². The zero-order chi connectivity index (χ0) is 23.3. The molecule has 5 aromatic rings. The van der Waals surface area contributed by atoms with Gasteiger partial charge in [-0.3, -0.25) is 14.8 Å². The van der Waals surface area contributed by atoms with Crippen molar-refractivity contribution in [2.75, 3.05) is 0 Å². The van der Waals surface area contributed by atoms with Crippen LogP contribution in [0.25, 0.3) is 33.3 Å². The number of carbonyl (C=O) groups is 1. The molecular weight excluding hydrogens is 422 g/mol. The van der Waals surface area contributed by atoms with Crippen LogP contribution in [0.3, 0.4) is 0 Å². The van der Waals surface area contributed by atoms with Crippen molar-refractivity contribution in [3.63, 3.8) is 0 Å². The van der Waals surface area contributed by atoms with Gasteiger partial charge in [-0.1, -0.05) is 60.7 Å². The molecule has 0 aliphatic carbocycles. The Labute approximate surface area is 197 Å². The van der Waals surface area contributed by atoms with Gasteiger partial charge in [-0.05, 0) is 29.8 Å². The fraction of sp³-hybridized carbons (Fsp3) is 0.0714. The highest BCUT2D eigenvalue weighted by Crippen LogP contribution is 2.34. The van der Waals surface area contributed by atoms with Gasteiger partial charge in [0.25, 0.3) is 5.91 Å². The normalized spacial score (nSPS) is 10.9. The molecule has 0 atom stereocenters. The maximum absolute atomic E-state index is 13.1. The number of rotatable bonds is 6. The highest BCUT2D eigenvalue weighted by molar-refractivity contribution is 6.06. The van der Waals surface area contributed by atoms with Crippen LogP contribution in [0.15, 0.2) is 97.3 Å². The summed E-state index contributed by atoms with van der Waals surface area (Å²) < 4.78 is 0. The molecule has 2 aromatic carbocycles. The summed E-state index contributed by atoms with van der Waals surface area (Å²) in [7, 11) is 0. The SMILES string of the molecule is [NH3+]Cc1ccc(-c2nc3ccnc(C(=O)NCc4ccccn4)c3cc2-c2ccccc2)cc1. The Hall–Kier alpha value is -4.42. The number of nitrogens with one attached hydrogen (secondary N) is 1. The molecule has 3 aromatic heterocycles. The zero-order valence-electron chi connectivity index (χ0n) is 18.6. The quantitative estimate of drug-likeness (QED) is 0.412. The van der Waals surface area contributed by atoms with Crippen molar-refractivity contribution in [1.82, 2.24) is 20.3 Å². The van der Waals surface area contributed by atoms with Crippen LogP contribution in [0.2, 0.25) is 0 Å². The van der Waals surface area contributed by atoms with Gasteiger partial charge in [0.2, 0.25) is 0 Å². The lowest BCUT2D eigenvalue weighted by Crippen LogP contribution is -2.47. The number of fused-ring (bicyclic) bond motifs is 1. The molecule has 0 spiro atoms. The van der Waals surface area contributed by atoms with E-state index in [0.717, 1.165) is 34.6 Å². The molecule has 0 aliphatic rings. The third kappa shape index (κ3) is 4.40. The summed E-state index contributed by atoms with van der Waals surface area (Å²) in [4.78, 5) is 26.7. The van der Waals surface area contributed by atoms with E-state index in [-0.39, 0.29) is 5.91 Å². The van der Waals surface area contributed by atoms with Crippen LogP contribution in [-0.4, -0.2) is 20.9 Å². The molecule has 0 unspecified atom stereocenters. The Balaban J connectivity index is 1.60. The Morgan fingerprint density at radius 1 is 0.824 bits per heavy atom. The van der Waals surface area contributed by atoms with Crippen LogP contribution in [-0.2, 0) is 13.1 Å². The molecule has 6 nitrogen and oxygen atoms in total. The Kier molecular flexibility index (Phi) is 6.05. The first kappa shape index (κ1) is 21.4. The van der Waals surface area contributed by atoms with E-state index in [0.29, 0.717) is 23.1 Å². The summed E-state index contributed by atoms with van der Waals surface area (Å²) >= 11 is 0. The molecule has 0 aliphatic heterocycles. The first-order valence-electron chi connectivity index (χ1n) is 11.1. The monoisotopic (exact) mass is 446 g/mol. The van der Waals surface area contributed by atoms with Gasteiger partial charge in [0, 0.05) is 34.5 Å². The molecule has 1 amide bonds. The van der Waals surface area contributed by atoms with Crippen LogP contribution in [0.4, 0.5) is 0 Å². The molecule has 166 valence electrons. The van der Waals surface area contributed by atoms with Crippen molar-refractivity contribution in [1.29, 1.82) is 0 Å². The van der Waals surface area contributed by atoms with Crippen LogP contribution >= 0.6 is 0 Å². The van der Waals surface area contributed by atoms with Crippen molar-refractivity contribution in [2.45, 2.75) is 13.1 Å². The number of quaternary nitrogens is 1. The van der Waals surface area contributed by atoms with Gasteiger partial charge in [0.15, 0.2) is 0 Å². The van der Waals surface area contributed by atoms with Crippen LogP contribution in [0.1, 0.15) is 21.7 Å². The van der Waals surface area contributed by atoms with E-state index in [1.54, 1.807) is 12.4 Å². The Morgan fingerprint density at radius 3 is 2.35 bits per heavy atom. The van der Waals surface area contributed by atoms with Crippen LogP contribution in [0, 0.1) is 0 Å². The number of carbonyl (C=O) groups excluding carboxylic acids is 1.